The van der Waals surface area contributed by atoms with Gasteiger partial charge in [0.05, 0.1) is 18.7 Å². The van der Waals surface area contributed by atoms with Gasteiger partial charge in [-0.3, -0.25) is 14.4 Å². The van der Waals surface area contributed by atoms with Crippen LogP contribution in [-0.4, -0.2) is 84.3 Å². The number of nitrogens with two attached hydrogens (primary N) is 1. The van der Waals surface area contributed by atoms with Crippen molar-refractivity contribution in [3.8, 4) is 0 Å². The van der Waals surface area contributed by atoms with Crippen molar-refractivity contribution >= 4 is 23.7 Å². The summed E-state index contributed by atoms with van der Waals surface area (Å²) >= 11 is 0. The lowest BCUT2D eigenvalue weighted by molar-refractivity contribution is -0.146. The summed E-state index contributed by atoms with van der Waals surface area (Å²) in [6, 6.07) is -3.81. The second kappa shape index (κ2) is 12.3. The van der Waals surface area contributed by atoms with E-state index in [0.717, 1.165) is 0 Å². The number of carboxylic acid groups (broad SMARTS) is 1. The van der Waals surface area contributed by atoms with Gasteiger partial charge in [-0.1, -0.05) is 20.3 Å². The van der Waals surface area contributed by atoms with Crippen molar-refractivity contribution in [2.75, 3.05) is 6.54 Å². The maximum Gasteiger partial charge on any atom is 0.326 e. The SMILES string of the molecule is CCC(C)C(NC(=O)C1CCCN1C(=O)C(Cc1cnc[nH]1)NC(=O)C(N)Cc1cnc[nH]1)C(=O)O. The smallest absolute Gasteiger partial charge is 0.326 e. The highest BCUT2D eigenvalue weighted by Gasteiger charge is 2.39. The number of imidazole rings is 2. The van der Waals surface area contributed by atoms with Gasteiger partial charge in [-0.2, -0.15) is 0 Å². The molecule has 5 atom stereocenters. The molecule has 2 aromatic heterocycles. The number of H-pyrrole nitrogens is 2. The van der Waals surface area contributed by atoms with Gasteiger partial charge in [0.15, 0.2) is 0 Å². The lowest BCUT2D eigenvalue weighted by atomic mass is 9.98. The fourth-order valence-electron chi connectivity index (χ4n) is 4.26. The first-order valence-electron chi connectivity index (χ1n) is 12.0. The number of hydrogen-bond donors (Lipinski definition) is 6. The minimum absolute atomic E-state index is 0.122. The molecular weight excluding hydrogens is 468 g/mol. The largest absolute Gasteiger partial charge is 0.480 e. The first-order chi connectivity index (χ1) is 17.2. The molecule has 2 aromatic rings. The molecule has 3 amide bonds. The Kier molecular flexibility index (Phi) is 9.17. The maximum atomic E-state index is 13.6. The van der Waals surface area contributed by atoms with Gasteiger partial charge in [0.1, 0.15) is 18.1 Å². The van der Waals surface area contributed by atoms with Crippen LogP contribution < -0.4 is 16.4 Å². The minimum Gasteiger partial charge on any atom is -0.480 e. The summed E-state index contributed by atoms with van der Waals surface area (Å²) in [6.45, 7) is 3.91. The Morgan fingerprint density at radius 3 is 2.33 bits per heavy atom. The Bertz CT molecular complexity index is 1030. The van der Waals surface area contributed by atoms with Crippen molar-refractivity contribution in [3.05, 3.63) is 36.4 Å². The van der Waals surface area contributed by atoms with Crippen molar-refractivity contribution in [1.82, 2.24) is 35.5 Å². The second-order valence-corrected chi connectivity index (χ2v) is 9.13. The second-order valence-electron chi connectivity index (χ2n) is 9.13. The van der Waals surface area contributed by atoms with Crippen molar-refractivity contribution < 1.29 is 24.3 Å². The summed E-state index contributed by atoms with van der Waals surface area (Å²) in [7, 11) is 0. The lowest BCUT2D eigenvalue weighted by Crippen LogP contribution is -2.58. The molecule has 1 aliphatic rings. The van der Waals surface area contributed by atoms with E-state index in [-0.39, 0.29) is 18.8 Å². The summed E-state index contributed by atoms with van der Waals surface area (Å²) in [5.41, 5.74) is 7.36. The van der Waals surface area contributed by atoms with Crippen LogP contribution in [0.4, 0.5) is 0 Å². The van der Waals surface area contributed by atoms with Crippen LogP contribution in [0.15, 0.2) is 25.0 Å². The highest BCUT2D eigenvalue weighted by molar-refractivity contribution is 5.94. The third kappa shape index (κ3) is 6.68. The molecule has 0 aliphatic carbocycles. The first-order valence-corrected chi connectivity index (χ1v) is 12.0. The number of nitrogens with zero attached hydrogens (tertiary/aromatic N) is 3. The average Bonchev–Trinajstić information content (AvgIpc) is 3.63. The zero-order valence-corrected chi connectivity index (χ0v) is 20.4. The minimum atomic E-state index is -1.12. The number of carbonyl (C=O) groups excluding carboxylic acids is 3. The summed E-state index contributed by atoms with van der Waals surface area (Å²) < 4.78 is 0. The van der Waals surface area contributed by atoms with Crippen LogP contribution in [0.2, 0.25) is 0 Å². The lowest BCUT2D eigenvalue weighted by Gasteiger charge is -2.30. The normalized spacial score (nSPS) is 18.8. The van der Waals surface area contributed by atoms with E-state index in [2.05, 4.69) is 30.6 Å². The molecule has 1 saturated heterocycles. The van der Waals surface area contributed by atoms with E-state index in [1.165, 1.54) is 17.6 Å². The number of nitrogens with one attached hydrogen (secondary N) is 4. The number of carboxylic acids is 1. The van der Waals surface area contributed by atoms with E-state index in [1.807, 2.05) is 6.92 Å². The molecule has 0 aromatic carbocycles. The van der Waals surface area contributed by atoms with Gasteiger partial charge >= 0.3 is 5.97 Å². The molecule has 3 rings (SSSR count). The highest BCUT2D eigenvalue weighted by Crippen LogP contribution is 2.20. The molecule has 0 spiro atoms. The number of aromatic amines is 2. The van der Waals surface area contributed by atoms with Crippen LogP contribution in [0.5, 0.6) is 0 Å². The van der Waals surface area contributed by atoms with E-state index in [0.29, 0.717) is 37.2 Å². The molecule has 0 bridgehead atoms. The molecule has 1 fully saturated rings. The van der Waals surface area contributed by atoms with Gasteiger partial charge in [0.2, 0.25) is 17.7 Å². The van der Waals surface area contributed by atoms with Crippen molar-refractivity contribution in [3.63, 3.8) is 0 Å². The zero-order valence-electron chi connectivity index (χ0n) is 20.4. The zero-order chi connectivity index (χ0) is 26.2. The fourth-order valence-corrected chi connectivity index (χ4v) is 4.26. The van der Waals surface area contributed by atoms with E-state index < -0.39 is 47.9 Å². The predicted molar refractivity (Wildman–Crippen MR) is 128 cm³/mol. The Hall–Kier alpha value is -3.74. The van der Waals surface area contributed by atoms with E-state index in [4.69, 9.17) is 5.73 Å². The van der Waals surface area contributed by atoms with Crippen LogP contribution in [0.1, 0.15) is 44.5 Å². The molecule has 13 heteroatoms. The Labute approximate surface area is 208 Å². The quantitative estimate of drug-likeness (QED) is 0.219. The highest BCUT2D eigenvalue weighted by atomic mass is 16.4. The van der Waals surface area contributed by atoms with Crippen LogP contribution >= 0.6 is 0 Å². The number of likely N-dealkylation sites (tertiary alicyclic amines) is 1. The molecule has 0 saturated carbocycles. The molecule has 0 radical (unpaired) electrons. The van der Waals surface area contributed by atoms with Crippen LogP contribution in [-0.2, 0) is 32.0 Å². The molecule has 7 N–H and O–H groups in total. The first kappa shape index (κ1) is 26.9. The van der Waals surface area contributed by atoms with Gasteiger partial charge in [-0.05, 0) is 18.8 Å². The molecule has 1 aliphatic heterocycles. The molecular formula is C23H34N8O5. The maximum absolute atomic E-state index is 13.6. The third-order valence-electron chi connectivity index (χ3n) is 6.54. The van der Waals surface area contributed by atoms with E-state index >= 15 is 0 Å². The molecule has 13 nitrogen and oxygen atoms in total. The summed E-state index contributed by atoms with van der Waals surface area (Å²) in [6.07, 6.45) is 7.95. The molecule has 196 valence electrons. The number of aliphatic carboxylic acids is 1. The standard InChI is InChI=1S/C23H34N8O5/c1-3-13(2)19(23(35)36)30-21(33)18-5-4-6-31(18)22(34)17(8-15-10-26-12-28-15)29-20(32)16(24)7-14-9-25-11-27-14/h9-13,16-19H,3-8,24H2,1-2H3,(H,25,27)(H,26,28)(H,29,32)(H,30,33)(H,35,36). The number of rotatable bonds is 12. The van der Waals surface area contributed by atoms with Gasteiger partial charge in [-0.25, -0.2) is 14.8 Å². The Balaban J connectivity index is 1.73. The number of aromatic nitrogens is 4. The summed E-state index contributed by atoms with van der Waals surface area (Å²) in [5, 5.41) is 14.9. The predicted octanol–water partition coefficient (Wildman–Crippen LogP) is -0.663. The molecule has 3 heterocycles. The Morgan fingerprint density at radius 1 is 1.14 bits per heavy atom. The van der Waals surface area contributed by atoms with Gasteiger partial charge in [0, 0.05) is 43.2 Å². The van der Waals surface area contributed by atoms with Gasteiger partial charge in [0.25, 0.3) is 0 Å². The number of hydrogen-bond acceptors (Lipinski definition) is 7. The van der Waals surface area contributed by atoms with Crippen LogP contribution in [0.3, 0.4) is 0 Å². The van der Waals surface area contributed by atoms with E-state index in [1.54, 1.807) is 19.3 Å². The fraction of sp³-hybridized carbons (Fsp3) is 0.565. The van der Waals surface area contributed by atoms with Crippen LogP contribution in [0, 0.1) is 5.92 Å². The average molecular weight is 503 g/mol. The summed E-state index contributed by atoms with van der Waals surface area (Å²) in [4.78, 5) is 66.3. The Morgan fingerprint density at radius 2 is 1.78 bits per heavy atom. The van der Waals surface area contributed by atoms with Gasteiger partial charge in [-0.15, -0.1) is 0 Å². The number of carbonyl (C=O) groups is 4. The topological polar surface area (TPSA) is 199 Å². The summed E-state index contributed by atoms with van der Waals surface area (Å²) in [5.74, 6) is -2.88. The van der Waals surface area contributed by atoms with E-state index in [9.17, 15) is 24.3 Å². The molecule has 36 heavy (non-hydrogen) atoms. The monoisotopic (exact) mass is 502 g/mol. The van der Waals surface area contributed by atoms with Crippen LogP contribution in [0.25, 0.3) is 0 Å². The van der Waals surface area contributed by atoms with Crippen molar-refractivity contribution in [2.45, 2.75) is 70.1 Å². The van der Waals surface area contributed by atoms with Crippen molar-refractivity contribution in [1.29, 1.82) is 0 Å². The third-order valence-corrected chi connectivity index (χ3v) is 6.54. The number of amides is 3. The molecule has 5 unspecified atom stereocenters. The van der Waals surface area contributed by atoms with Gasteiger partial charge < -0.3 is 36.3 Å². The van der Waals surface area contributed by atoms with Crippen molar-refractivity contribution in [2.24, 2.45) is 11.7 Å².